The van der Waals surface area contributed by atoms with Gasteiger partial charge in [-0.1, -0.05) is 26.7 Å². The van der Waals surface area contributed by atoms with Crippen LogP contribution in [-0.2, 0) is 9.53 Å². The van der Waals surface area contributed by atoms with Crippen molar-refractivity contribution in [2.45, 2.75) is 77.5 Å². The zero-order valence-corrected chi connectivity index (χ0v) is 15.5. The summed E-state index contributed by atoms with van der Waals surface area (Å²) in [6.07, 6.45) is 5.34. The first-order valence-electron chi connectivity index (χ1n) is 8.39. The van der Waals surface area contributed by atoms with Crippen LogP contribution in [0.3, 0.4) is 0 Å². The summed E-state index contributed by atoms with van der Waals surface area (Å²) >= 11 is 0. The van der Waals surface area contributed by atoms with Crippen molar-refractivity contribution in [3.8, 4) is 0 Å². The van der Waals surface area contributed by atoms with Gasteiger partial charge in [-0.15, -0.1) is 12.4 Å². The molecule has 2 aliphatic rings. The van der Waals surface area contributed by atoms with Crippen LogP contribution < -0.4 is 5.73 Å². The van der Waals surface area contributed by atoms with Crippen LogP contribution in [0.25, 0.3) is 0 Å². The zero-order chi connectivity index (χ0) is 15.8. The average molecular weight is 333 g/mol. The normalized spacial score (nSPS) is 36.9. The molecule has 2 saturated carbocycles. The van der Waals surface area contributed by atoms with Crippen molar-refractivity contribution in [3.63, 3.8) is 0 Å². The third-order valence-electron chi connectivity index (χ3n) is 5.86. The summed E-state index contributed by atoms with van der Waals surface area (Å²) in [6.45, 7) is 9.21. The van der Waals surface area contributed by atoms with E-state index in [4.69, 9.17) is 10.5 Å². The molecule has 0 bridgehead atoms. The molecule has 0 aromatic rings. The third kappa shape index (κ3) is 3.44. The number of carbonyl (C=O) groups excluding carboxylic acids is 1. The second-order valence-corrected chi connectivity index (χ2v) is 7.77. The van der Waals surface area contributed by atoms with Crippen LogP contribution in [0, 0.1) is 11.3 Å². The van der Waals surface area contributed by atoms with Crippen LogP contribution >= 0.6 is 12.4 Å². The molecule has 4 nitrogen and oxygen atoms in total. The van der Waals surface area contributed by atoms with Crippen molar-refractivity contribution < 1.29 is 9.53 Å². The highest BCUT2D eigenvalue weighted by molar-refractivity contribution is 5.85. The van der Waals surface area contributed by atoms with Crippen molar-refractivity contribution in [2.24, 2.45) is 17.1 Å². The highest BCUT2D eigenvalue weighted by atomic mass is 35.5. The van der Waals surface area contributed by atoms with Gasteiger partial charge in [0, 0.05) is 30.7 Å². The first kappa shape index (κ1) is 19.7. The Morgan fingerprint density at radius 2 is 1.95 bits per heavy atom. The van der Waals surface area contributed by atoms with Crippen molar-refractivity contribution in [2.75, 3.05) is 13.7 Å². The number of rotatable bonds is 4. The fourth-order valence-corrected chi connectivity index (χ4v) is 4.17. The van der Waals surface area contributed by atoms with Gasteiger partial charge >= 0.3 is 0 Å². The first-order valence-corrected chi connectivity index (χ1v) is 8.39. The van der Waals surface area contributed by atoms with Gasteiger partial charge in [-0.05, 0) is 33.1 Å². The summed E-state index contributed by atoms with van der Waals surface area (Å²) in [5.74, 6) is 0.200. The molecule has 22 heavy (non-hydrogen) atoms. The fourth-order valence-electron chi connectivity index (χ4n) is 4.17. The Labute approximate surface area is 141 Å². The number of hydrogen-bond donors (Lipinski definition) is 1. The minimum absolute atomic E-state index is 0. The highest BCUT2D eigenvalue weighted by Crippen LogP contribution is 2.46. The van der Waals surface area contributed by atoms with E-state index in [-0.39, 0.29) is 47.3 Å². The third-order valence-corrected chi connectivity index (χ3v) is 5.86. The average Bonchev–Trinajstić information content (AvgIpc) is 2.41. The maximum absolute atomic E-state index is 12.9. The molecule has 0 aromatic heterocycles. The lowest BCUT2D eigenvalue weighted by molar-refractivity contribution is -0.168. The molecular weight excluding hydrogens is 300 g/mol. The molecule has 4 atom stereocenters. The predicted molar refractivity (Wildman–Crippen MR) is 92.2 cm³/mol. The Bertz CT molecular complexity index is 398. The number of nitrogens with two attached hydrogens (primary N) is 1. The van der Waals surface area contributed by atoms with Gasteiger partial charge in [-0.25, -0.2) is 0 Å². The van der Waals surface area contributed by atoms with Crippen LogP contribution in [0.5, 0.6) is 0 Å². The molecule has 2 N–H and O–H groups in total. The van der Waals surface area contributed by atoms with Crippen molar-refractivity contribution in [1.29, 1.82) is 0 Å². The molecule has 0 radical (unpaired) electrons. The summed E-state index contributed by atoms with van der Waals surface area (Å²) in [5.41, 5.74) is 6.07. The second kappa shape index (κ2) is 7.06. The minimum atomic E-state index is -0.350. The summed E-state index contributed by atoms with van der Waals surface area (Å²) in [7, 11) is 1.95. The number of ether oxygens (including phenoxy) is 1. The van der Waals surface area contributed by atoms with Crippen molar-refractivity contribution in [1.82, 2.24) is 4.90 Å². The van der Waals surface area contributed by atoms with E-state index in [1.54, 1.807) is 0 Å². The molecule has 0 saturated heterocycles. The SMILES string of the molecule is CCOC1CC(N(C)C(=O)C2CCCCC2(C)N)C1(C)C.Cl. The molecule has 2 rings (SSSR count). The number of nitrogens with zero attached hydrogens (tertiary/aromatic N) is 1. The Hall–Kier alpha value is -0.320. The first-order chi connectivity index (χ1) is 9.71. The Balaban J connectivity index is 0.00000242. The molecule has 0 aliphatic heterocycles. The van der Waals surface area contributed by atoms with E-state index in [0.717, 1.165) is 38.7 Å². The maximum Gasteiger partial charge on any atom is 0.227 e. The molecule has 1 amide bonds. The van der Waals surface area contributed by atoms with E-state index in [2.05, 4.69) is 13.8 Å². The van der Waals surface area contributed by atoms with Crippen LogP contribution in [0.4, 0.5) is 0 Å². The number of carbonyl (C=O) groups is 1. The fraction of sp³-hybridized carbons (Fsp3) is 0.941. The van der Waals surface area contributed by atoms with Gasteiger partial charge in [0.05, 0.1) is 12.0 Å². The molecule has 0 spiro atoms. The number of halogens is 1. The molecule has 4 unspecified atom stereocenters. The Morgan fingerprint density at radius 1 is 1.32 bits per heavy atom. The van der Waals surface area contributed by atoms with Gasteiger partial charge in [0.25, 0.3) is 0 Å². The summed E-state index contributed by atoms with van der Waals surface area (Å²) in [6, 6.07) is 0.263. The Kier molecular flexibility index (Phi) is 6.33. The zero-order valence-electron chi connectivity index (χ0n) is 14.7. The van der Waals surface area contributed by atoms with E-state index in [0.29, 0.717) is 0 Å². The minimum Gasteiger partial charge on any atom is -0.378 e. The van der Waals surface area contributed by atoms with Crippen LogP contribution in [-0.4, -0.2) is 42.1 Å². The smallest absolute Gasteiger partial charge is 0.227 e. The molecule has 5 heteroatoms. The lowest BCUT2D eigenvalue weighted by Crippen LogP contribution is -2.64. The Morgan fingerprint density at radius 3 is 2.45 bits per heavy atom. The van der Waals surface area contributed by atoms with Crippen molar-refractivity contribution in [3.05, 3.63) is 0 Å². The van der Waals surface area contributed by atoms with E-state index in [1.807, 2.05) is 25.8 Å². The molecule has 2 fully saturated rings. The van der Waals surface area contributed by atoms with E-state index >= 15 is 0 Å². The van der Waals surface area contributed by atoms with Gasteiger partial charge in [-0.3, -0.25) is 4.79 Å². The monoisotopic (exact) mass is 332 g/mol. The standard InChI is InChI=1S/C17H32N2O2.ClH/c1-6-21-14-11-13(16(14,2)3)19(5)15(20)12-9-7-8-10-17(12,4)18;/h12-14H,6-11,18H2,1-5H3;1H. The second-order valence-electron chi connectivity index (χ2n) is 7.77. The van der Waals surface area contributed by atoms with E-state index < -0.39 is 0 Å². The molecule has 2 aliphatic carbocycles. The topological polar surface area (TPSA) is 55.6 Å². The lowest BCUT2D eigenvalue weighted by atomic mass is 9.63. The van der Waals surface area contributed by atoms with Gasteiger partial charge in [0.2, 0.25) is 5.91 Å². The maximum atomic E-state index is 12.9. The van der Waals surface area contributed by atoms with Crippen molar-refractivity contribution >= 4 is 18.3 Å². The van der Waals surface area contributed by atoms with Gasteiger partial charge < -0.3 is 15.4 Å². The largest absolute Gasteiger partial charge is 0.378 e. The molecule has 0 heterocycles. The van der Waals surface area contributed by atoms with Gasteiger partial charge in [-0.2, -0.15) is 0 Å². The van der Waals surface area contributed by atoms with Crippen LogP contribution in [0.1, 0.15) is 59.8 Å². The van der Waals surface area contributed by atoms with Gasteiger partial charge in [0.1, 0.15) is 0 Å². The molecule has 0 aromatic carbocycles. The van der Waals surface area contributed by atoms with E-state index in [9.17, 15) is 4.79 Å². The predicted octanol–water partition coefficient (Wildman–Crippen LogP) is 2.98. The molecule has 130 valence electrons. The van der Waals surface area contributed by atoms with Crippen LogP contribution in [0.15, 0.2) is 0 Å². The highest BCUT2D eigenvalue weighted by Gasteiger charge is 2.53. The summed E-state index contributed by atoms with van der Waals surface area (Å²) < 4.78 is 5.78. The number of amides is 1. The van der Waals surface area contributed by atoms with Gasteiger partial charge in [0.15, 0.2) is 0 Å². The summed E-state index contributed by atoms with van der Waals surface area (Å²) in [4.78, 5) is 14.9. The number of hydrogen-bond acceptors (Lipinski definition) is 3. The van der Waals surface area contributed by atoms with Crippen LogP contribution in [0.2, 0.25) is 0 Å². The summed E-state index contributed by atoms with van der Waals surface area (Å²) in [5, 5.41) is 0. The van der Waals surface area contributed by atoms with E-state index in [1.165, 1.54) is 0 Å². The quantitative estimate of drug-likeness (QED) is 0.861. The molecular formula is C17H33ClN2O2. The lowest BCUT2D eigenvalue weighted by Gasteiger charge is -2.55.